The van der Waals surface area contributed by atoms with Crippen LogP contribution in [0.5, 0.6) is 11.5 Å². The highest BCUT2D eigenvalue weighted by atomic mass is 19.3. The normalized spacial score (nSPS) is 19.3. The zero-order chi connectivity index (χ0) is 10.1. The summed E-state index contributed by atoms with van der Waals surface area (Å²) >= 11 is 0. The van der Waals surface area contributed by atoms with E-state index < -0.39 is 12.3 Å². The van der Waals surface area contributed by atoms with Gasteiger partial charge >= 0.3 is 0 Å². The van der Waals surface area contributed by atoms with Gasteiger partial charge in [-0.3, -0.25) is 0 Å². The summed E-state index contributed by atoms with van der Waals surface area (Å²) in [5, 5.41) is 0. The molecule has 2 nitrogen and oxygen atoms in total. The van der Waals surface area contributed by atoms with Crippen molar-refractivity contribution in [1.29, 1.82) is 0 Å². The van der Waals surface area contributed by atoms with Crippen molar-refractivity contribution in [3.63, 3.8) is 0 Å². The molecule has 1 heterocycles. The van der Waals surface area contributed by atoms with E-state index in [9.17, 15) is 8.78 Å². The van der Waals surface area contributed by atoms with Crippen molar-refractivity contribution in [3.8, 4) is 11.5 Å². The van der Waals surface area contributed by atoms with E-state index in [1.165, 1.54) is 7.11 Å². The number of ether oxygens (including phenoxy) is 2. The molecule has 0 aliphatic carbocycles. The van der Waals surface area contributed by atoms with Crippen LogP contribution in [-0.4, -0.2) is 20.1 Å². The molecule has 1 aliphatic rings. The first-order chi connectivity index (χ1) is 6.72. The molecular weight excluding hydrogens is 190 g/mol. The monoisotopic (exact) mass is 200 g/mol. The minimum Gasteiger partial charge on any atom is -0.497 e. The number of alkyl halides is 2. The quantitative estimate of drug-likeness (QED) is 0.730. The first kappa shape index (κ1) is 9.24. The molecule has 0 saturated heterocycles. The fraction of sp³-hybridized carbons (Fsp3) is 0.400. The molecule has 0 saturated carbocycles. The number of benzene rings is 1. The Morgan fingerprint density at radius 3 is 2.93 bits per heavy atom. The molecule has 0 aromatic heterocycles. The van der Waals surface area contributed by atoms with Crippen LogP contribution in [0.4, 0.5) is 8.78 Å². The lowest BCUT2D eigenvalue weighted by atomic mass is 10.0. The van der Waals surface area contributed by atoms with Crippen LogP contribution in [0.1, 0.15) is 11.5 Å². The third-order valence-corrected chi connectivity index (χ3v) is 2.34. The number of rotatable bonds is 2. The highest BCUT2D eigenvalue weighted by Gasteiger charge is 2.31. The molecule has 0 spiro atoms. The summed E-state index contributed by atoms with van der Waals surface area (Å²) in [6, 6.07) is 4.97. The van der Waals surface area contributed by atoms with Gasteiger partial charge in [-0.15, -0.1) is 0 Å². The minimum absolute atomic E-state index is 0.0557. The predicted molar refractivity (Wildman–Crippen MR) is 47.2 cm³/mol. The van der Waals surface area contributed by atoms with E-state index in [1.807, 2.05) is 0 Å². The standard InChI is InChI=1S/C10H10F2O2/c1-13-6-2-3-9-7(4-6)8(5-14-9)10(11)12/h2-4,8,10H,5H2,1H3/t8-/m0/s1. The molecule has 14 heavy (non-hydrogen) atoms. The molecule has 0 N–H and O–H groups in total. The molecule has 1 aromatic carbocycles. The van der Waals surface area contributed by atoms with Crippen LogP contribution in [0.15, 0.2) is 18.2 Å². The fourth-order valence-electron chi connectivity index (χ4n) is 1.55. The Kier molecular flexibility index (Phi) is 2.27. The molecule has 0 bridgehead atoms. The van der Waals surface area contributed by atoms with Crippen molar-refractivity contribution in [2.24, 2.45) is 0 Å². The third-order valence-electron chi connectivity index (χ3n) is 2.34. The van der Waals surface area contributed by atoms with Crippen LogP contribution < -0.4 is 9.47 Å². The Hall–Kier alpha value is -1.32. The van der Waals surface area contributed by atoms with Gasteiger partial charge in [-0.1, -0.05) is 0 Å². The molecule has 76 valence electrons. The van der Waals surface area contributed by atoms with E-state index in [4.69, 9.17) is 9.47 Å². The summed E-state index contributed by atoms with van der Waals surface area (Å²) in [5.74, 6) is 0.302. The van der Waals surface area contributed by atoms with Crippen LogP contribution in [0.3, 0.4) is 0 Å². The third kappa shape index (κ3) is 1.41. The summed E-state index contributed by atoms with van der Waals surface area (Å²) < 4.78 is 35.2. The maximum Gasteiger partial charge on any atom is 0.248 e. The van der Waals surface area contributed by atoms with Gasteiger partial charge < -0.3 is 9.47 Å². The van der Waals surface area contributed by atoms with Gasteiger partial charge in [-0.05, 0) is 18.2 Å². The second-order valence-electron chi connectivity index (χ2n) is 3.16. The summed E-state index contributed by atoms with van der Waals surface area (Å²) in [4.78, 5) is 0. The van der Waals surface area contributed by atoms with Gasteiger partial charge in [-0.2, -0.15) is 0 Å². The molecule has 0 amide bonds. The second kappa shape index (κ2) is 3.44. The van der Waals surface area contributed by atoms with Crippen LogP contribution in [0.2, 0.25) is 0 Å². The summed E-state index contributed by atoms with van der Waals surface area (Å²) in [5.41, 5.74) is 0.541. The maximum atomic E-state index is 12.5. The molecule has 1 aliphatic heterocycles. The molecule has 0 fully saturated rings. The molecule has 2 rings (SSSR count). The maximum absolute atomic E-state index is 12.5. The van der Waals surface area contributed by atoms with Gasteiger partial charge in [-0.25, -0.2) is 8.78 Å². The zero-order valence-corrected chi connectivity index (χ0v) is 7.67. The van der Waals surface area contributed by atoms with Crippen molar-refractivity contribution in [2.75, 3.05) is 13.7 Å². The molecule has 0 unspecified atom stereocenters. The van der Waals surface area contributed by atoms with E-state index in [0.29, 0.717) is 17.1 Å². The highest BCUT2D eigenvalue weighted by molar-refractivity contribution is 5.45. The first-order valence-corrected chi connectivity index (χ1v) is 4.31. The Morgan fingerprint density at radius 1 is 1.50 bits per heavy atom. The lowest BCUT2D eigenvalue weighted by molar-refractivity contribution is 0.102. The van der Waals surface area contributed by atoms with Crippen LogP contribution in [-0.2, 0) is 0 Å². The predicted octanol–water partition coefficient (Wildman–Crippen LogP) is 2.44. The average molecular weight is 200 g/mol. The number of methoxy groups -OCH3 is 1. The van der Waals surface area contributed by atoms with Gasteiger partial charge in [0.2, 0.25) is 6.43 Å². The second-order valence-corrected chi connectivity index (χ2v) is 3.16. The zero-order valence-electron chi connectivity index (χ0n) is 7.67. The molecule has 0 radical (unpaired) electrons. The summed E-state index contributed by atoms with van der Waals surface area (Å²) in [6.45, 7) is 0.0557. The van der Waals surface area contributed by atoms with Crippen molar-refractivity contribution >= 4 is 0 Å². The van der Waals surface area contributed by atoms with Gasteiger partial charge in [0, 0.05) is 5.56 Å². The van der Waals surface area contributed by atoms with E-state index in [2.05, 4.69) is 0 Å². The lowest BCUT2D eigenvalue weighted by Gasteiger charge is -2.07. The first-order valence-electron chi connectivity index (χ1n) is 4.31. The smallest absolute Gasteiger partial charge is 0.248 e. The Morgan fingerprint density at radius 2 is 2.29 bits per heavy atom. The fourth-order valence-corrected chi connectivity index (χ4v) is 1.55. The van der Waals surface area contributed by atoms with E-state index in [-0.39, 0.29) is 6.61 Å². The summed E-state index contributed by atoms with van der Waals surface area (Å²) in [7, 11) is 1.51. The minimum atomic E-state index is -2.39. The van der Waals surface area contributed by atoms with Crippen molar-refractivity contribution in [3.05, 3.63) is 23.8 Å². The average Bonchev–Trinajstić information content (AvgIpc) is 2.59. The molecule has 1 aromatic rings. The highest BCUT2D eigenvalue weighted by Crippen LogP contribution is 2.39. The van der Waals surface area contributed by atoms with Crippen LogP contribution in [0, 0.1) is 0 Å². The number of hydrogen-bond donors (Lipinski definition) is 0. The van der Waals surface area contributed by atoms with Crippen molar-refractivity contribution in [2.45, 2.75) is 12.3 Å². The summed E-state index contributed by atoms with van der Waals surface area (Å²) in [6.07, 6.45) is -2.39. The van der Waals surface area contributed by atoms with Crippen LogP contribution in [0.25, 0.3) is 0 Å². The molecule has 4 heteroatoms. The topological polar surface area (TPSA) is 18.5 Å². The molecule has 1 atom stereocenters. The molecular formula is C10H10F2O2. The van der Waals surface area contributed by atoms with Gasteiger partial charge in [0.1, 0.15) is 18.1 Å². The largest absolute Gasteiger partial charge is 0.497 e. The van der Waals surface area contributed by atoms with Gasteiger partial charge in [0.05, 0.1) is 13.0 Å². The number of fused-ring (bicyclic) bond motifs is 1. The number of hydrogen-bond acceptors (Lipinski definition) is 2. The SMILES string of the molecule is COc1ccc2c(c1)[C@@H](C(F)F)CO2. The Labute approximate surface area is 80.4 Å². The Balaban J connectivity index is 2.37. The van der Waals surface area contributed by atoms with Gasteiger partial charge in [0.25, 0.3) is 0 Å². The van der Waals surface area contributed by atoms with E-state index >= 15 is 0 Å². The van der Waals surface area contributed by atoms with Gasteiger partial charge in [0.15, 0.2) is 0 Å². The Bertz CT molecular complexity index is 339. The van der Waals surface area contributed by atoms with E-state index in [0.717, 1.165) is 0 Å². The lowest BCUT2D eigenvalue weighted by Crippen LogP contribution is -2.10. The van der Waals surface area contributed by atoms with Crippen molar-refractivity contribution < 1.29 is 18.3 Å². The van der Waals surface area contributed by atoms with Crippen molar-refractivity contribution in [1.82, 2.24) is 0 Å². The van der Waals surface area contributed by atoms with E-state index in [1.54, 1.807) is 18.2 Å². The van der Waals surface area contributed by atoms with Crippen LogP contribution >= 0.6 is 0 Å². The number of halogens is 2.